The van der Waals surface area contributed by atoms with E-state index in [0.29, 0.717) is 11.6 Å². The number of pyridine rings is 1. The average molecular weight is 463 g/mol. The van der Waals surface area contributed by atoms with Gasteiger partial charge in [0.1, 0.15) is 11.9 Å². The lowest BCUT2D eigenvalue weighted by Crippen LogP contribution is -2.42. The van der Waals surface area contributed by atoms with Crippen molar-refractivity contribution in [1.29, 1.82) is 0 Å². The van der Waals surface area contributed by atoms with Crippen LogP contribution in [0.15, 0.2) is 12.4 Å². The van der Waals surface area contributed by atoms with Crippen LogP contribution < -0.4 is 4.90 Å². The first-order valence-corrected chi connectivity index (χ1v) is 12.2. The Kier molecular flexibility index (Phi) is 5.91. The molecule has 0 spiro atoms. The number of rotatable bonds is 5. The van der Waals surface area contributed by atoms with Gasteiger partial charge in [0, 0.05) is 31.8 Å². The topological polar surface area (TPSA) is 68.5 Å². The molecular weight excluding hydrogens is 437 g/mol. The summed E-state index contributed by atoms with van der Waals surface area (Å²) >= 11 is 2.13. The van der Waals surface area contributed by atoms with E-state index in [2.05, 4.69) is 66.3 Å². The van der Waals surface area contributed by atoms with Gasteiger partial charge in [-0.1, -0.05) is 20.8 Å². The van der Waals surface area contributed by atoms with Crippen LogP contribution in [-0.2, 0) is 4.43 Å². The third kappa shape index (κ3) is 4.26. The molecule has 134 valence electrons. The molecule has 0 aliphatic carbocycles. The summed E-state index contributed by atoms with van der Waals surface area (Å²) in [6.45, 7) is 13.6. The molecule has 8 heteroatoms. The van der Waals surface area contributed by atoms with Crippen LogP contribution in [-0.4, -0.2) is 37.9 Å². The normalized spacial score (nSPS) is 18.9. The minimum Gasteiger partial charge on any atom is -0.416 e. The van der Waals surface area contributed by atoms with Crippen LogP contribution in [0, 0.1) is 19.6 Å². The maximum absolute atomic E-state index is 11.3. The Morgan fingerprint density at radius 2 is 2.12 bits per heavy atom. The second kappa shape index (κ2) is 7.25. The van der Waals surface area contributed by atoms with Gasteiger partial charge < -0.3 is 9.33 Å². The molecule has 2 heterocycles. The van der Waals surface area contributed by atoms with Gasteiger partial charge in [-0.25, -0.2) is 0 Å². The van der Waals surface area contributed by atoms with Gasteiger partial charge in [0.15, 0.2) is 8.32 Å². The smallest absolute Gasteiger partial charge is 0.311 e. The zero-order valence-corrected chi connectivity index (χ0v) is 18.2. The second-order valence-electron chi connectivity index (χ2n) is 7.92. The van der Waals surface area contributed by atoms with Gasteiger partial charge >= 0.3 is 5.69 Å². The minimum absolute atomic E-state index is 0.0906. The highest BCUT2D eigenvalue weighted by atomic mass is 127. The van der Waals surface area contributed by atoms with Crippen molar-refractivity contribution in [2.24, 2.45) is 5.92 Å². The molecule has 1 aliphatic heterocycles. The summed E-state index contributed by atoms with van der Waals surface area (Å²) in [6, 6.07) is 0. The van der Waals surface area contributed by atoms with E-state index in [1.165, 1.54) is 6.20 Å². The molecule has 0 saturated carbocycles. The summed E-state index contributed by atoms with van der Waals surface area (Å²) in [5.41, 5.74) is 0.790. The molecule has 1 aliphatic rings. The maximum Gasteiger partial charge on any atom is 0.311 e. The quantitative estimate of drug-likeness (QED) is 0.280. The van der Waals surface area contributed by atoms with Crippen molar-refractivity contribution in [3.63, 3.8) is 0 Å². The molecule has 0 N–H and O–H groups in total. The van der Waals surface area contributed by atoms with Gasteiger partial charge in [0.05, 0.1) is 8.49 Å². The van der Waals surface area contributed by atoms with Crippen LogP contribution in [0.3, 0.4) is 0 Å². The predicted molar refractivity (Wildman–Crippen MR) is 107 cm³/mol. The van der Waals surface area contributed by atoms with E-state index in [4.69, 9.17) is 4.43 Å². The lowest BCUT2D eigenvalue weighted by Gasteiger charge is -2.37. The third-order valence-electron chi connectivity index (χ3n) is 5.14. The molecule has 1 atom stereocenters. The van der Waals surface area contributed by atoms with Crippen LogP contribution in [0.2, 0.25) is 18.1 Å². The number of hydrogen-bond donors (Lipinski definition) is 0. The Hall–Kier alpha value is -0.743. The monoisotopic (exact) mass is 463 g/mol. The second-order valence-corrected chi connectivity index (χ2v) is 13.9. The number of nitrogens with zero attached hydrogens (tertiary/aromatic N) is 3. The molecule has 1 aromatic rings. The number of halogens is 1. The van der Waals surface area contributed by atoms with Crippen molar-refractivity contribution >= 4 is 42.3 Å². The molecule has 1 saturated heterocycles. The molecule has 0 bridgehead atoms. The van der Waals surface area contributed by atoms with E-state index in [1.54, 1.807) is 6.20 Å². The van der Waals surface area contributed by atoms with E-state index in [0.717, 1.165) is 29.7 Å². The van der Waals surface area contributed by atoms with Crippen LogP contribution >= 0.6 is 22.6 Å². The van der Waals surface area contributed by atoms with Gasteiger partial charge in [0.25, 0.3) is 0 Å². The molecule has 24 heavy (non-hydrogen) atoms. The summed E-state index contributed by atoms with van der Waals surface area (Å²) in [5.74, 6) is 0.419. The molecule has 0 amide bonds. The first-order chi connectivity index (χ1) is 11.0. The van der Waals surface area contributed by atoms with E-state index in [9.17, 15) is 10.1 Å². The Balaban J connectivity index is 2.06. The van der Waals surface area contributed by atoms with Gasteiger partial charge in [-0.2, -0.15) is 0 Å². The molecule has 6 nitrogen and oxygen atoms in total. The first kappa shape index (κ1) is 19.6. The van der Waals surface area contributed by atoms with Gasteiger partial charge in [-0.15, -0.1) is 0 Å². The fourth-order valence-corrected chi connectivity index (χ4v) is 4.44. The van der Waals surface area contributed by atoms with Crippen LogP contribution in [0.25, 0.3) is 0 Å². The zero-order chi connectivity index (χ0) is 18.1. The maximum atomic E-state index is 11.3. The van der Waals surface area contributed by atoms with Crippen molar-refractivity contribution < 1.29 is 9.35 Å². The van der Waals surface area contributed by atoms with Crippen molar-refractivity contribution in [2.75, 3.05) is 24.6 Å². The van der Waals surface area contributed by atoms with Gasteiger partial charge in [0.2, 0.25) is 0 Å². The van der Waals surface area contributed by atoms with Gasteiger partial charge in [-0.05, 0) is 47.1 Å². The molecular formula is C16H26IN3O3Si. The van der Waals surface area contributed by atoms with E-state index in [-0.39, 0.29) is 15.6 Å². The first-order valence-electron chi connectivity index (χ1n) is 8.20. The highest BCUT2D eigenvalue weighted by Crippen LogP contribution is 2.38. The van der Waals surface area contributed by atoms with Crippen molar-refractivity contribution in [2.45, 2.75) is 45.3 Å². The van der Waals surface area contributed by atoms with Crippen LogP contribution in [0.5, 0.6) is 0 Å². The predicted octanol–water partition coefficient (Wildman–Crippen LogP) is 4.44. The molecule has 1 fully saturated rings. The Labute approximate surface area is 158 Å². The standard InChI is InChI=1S/C16H26IN3O3Si/c1-16(2,3)24(4,5)23-11-12-6-7-19(10-12)15-13(17)8-18-9-14(15)20(21)22/h8-9,12H,6-7,10-11H2,1-5H3/t12-/m1/s1. The summed E-state index contributed by atoms with van der Waals surface area (Å²) in [4.78, 5) is 17.0. The number of nitro groups is 1. The Bertz CT molecular complexity index is 619. The molecule has 0 radical (unpaired) electrons. The van der Waals surface area contributed by atoms with Crippen molar-refractivity contribution in [3.05, 3.63) is 26.1 Å². The van der Waals surface area contributed by atoms with Gasteiger partial charge in [-0.3, -0.25) is 15.1 Å². The SMILES string of the molecule is CC(C)(C)[Si](C)(C)OC[C@@H]1CCN(c2c(I)cncc2[N+](=O)[O-])C1. The minimum atomic E-state index is -1.75. The lowest BCUT2D eigenvalue weighted by molar-refractivity contribution is -0.384. The lowest BCUT2D eigenvalue weighted by atomic mass is 10.1. The van der Waals surface area contributed by atoms with E-state index < -0.39 is 8.32 Å². The number of hydrogen-bond acceptors (Lipinski definition) is 5. The fraction of sp³-hybridized carbons (Fsp3) is 0.688. The van der Waals surface area contributed by atoms with Crippen molar-refractivity contribution in [3.8, 4) is 0 Å². The summed E-state index contributed by atoms with van der Waals surface area (Å²) < 4.78 is 7.16. The van der Waals surface area contributed by atoms with Crippen LogP contribution in [0.1, 0.15) is 27.2 Å². The summed E-state index contributed by atoms with van der Waals surface area (Å²) in [5, 5.41) is 11.5. The Morgan fingerprint density at radius 1 is 1.46 bits per heavy atom. The number of aromatic nitrogens is 1. The fourth-order valence-electron chi connectivity index (χ4n) is 2.58. The average Bonchev–Trinajstić information content (AvgIpc) is 2.92. The summed E-state index contributed by atoms with van der Waals surface area (Å²) in [6.07, 6.45) is 4.03. The Morgan fingerprint density at radius 3 is 2.71 bits per heavy atom. The van der Waals surface area contributed by atoms with Crippen molar-refractivity contribution in [1.82, 2.24) is 4.98 Å². The highest BCUT2D eigenvalue weighted by molar-refractivity contribution is 14.1. The third-order valence-corrected chi connectivity index (χ3v) is 10.4. The van der Waals surface area contributed by atoms with Crippen LogP contribution in [0.4, 0.5) is 11.4 Å². The van der Waals surface area contributed by atoms with E-state index in [1.807, 2.05) is 0 Å². The zero-order valence-electron chi connectivity index (χ0n) is 15.0. The van der Waals surface area contributed by atoms with E-state index >= 15 is 0 Å². The highest BCUT2D eigenvalue weighted by Gasteiger charge is 2.38. The summed E-state index contributed by atoms with van der Waals surface area (Å²) in [7, 11) is -1.75. The largest absolute Gasteiger partial charge is 0.416 e. The molecule has 0 aromatic carbocycles. The molecule has 1 aromatic heterocycles. The number of anilines is 1. The molecule has 2 rings (SSSR count). The molecule has 0 unspecified atom stereocenters.